The molecule has 4 amide bonds. The third-order valence-corrected chi connectivity index (χ3v) is 5.54. The van der Waals surface area contributed by atoms with Gasteiger partial charge in [0.05, 0.1) is 10.2 Å². The normalized spacial score (nSPS) is 15.5. The van der Waals surface area contributed by atoms with Crippen molar-refractivity contribution in [3.05, 3.63) is 60.1 Å². The van der Waals surface area contributed by atoms with Crippen LogP contribution in [-0.4, -0.2) is 23.8 Å². The van der Waals surface area contributed by atoms with Gasteiger partial charge in [-0.1, -0.05) is 15.9 Å². The molecule has 1 saturated heterocycles. The molecule has 0 atom stereocenters. The van der Waals surface area contributed by atoms with E-state index < -0.39 is 23.8 Å². The molecule has 1 heterocycles. The lowest BCUT2D eigenvalue weighted by Gasteiger charge is -2.26. The first-order chi connectivity index (χ1) is 13.7. The van der Waals surface area contributed by atoms with Crippen molar-refractivity contribution in [3.63, 3.8) is 0 Å². The molecule has 0 unspecified atom stereocenters. The van der Waals surface area contributed by atoms with Gasteiger partial charge in [0.2, 0.25) is 0 Å². The molecule has 2 aromatic rings. The molecule has 0 aromatic heterocycles. The molecule has 10 heteroatoms. The van der Waals surface area contributed by atoms with Crippen molar-refractivity contribution in [2.24, 2.45) is 0 Å². The van der Waals surface area contributed by atoms with Gasteiger partial charge in [-0.25, -0.2) is 9.69 Å². The number of nitrogens with zero attached hydrogens (tertiary/aromatic N) is 1. The van der Waals surface area contributed by atoms with E-state index in [1.807, 2.05) is 0 Å². The molecule has 1 aliphatic rings. The van der Waals surface area contributed by atoms with Gasteiger partial charge < -0.3 is 4.74 Å². The molecule has 3 rings (SSSR count). The second-order valence-electron chi connectivity index (χ2n) is 5.83. The standard InChI is InChI=1S/C19H11Br2IN2O5/c1-9(25)29-16-10(6-11(20)8-15(16)21)7-14-17(26)23-19(28)24(18(14)27)13-4-2-12(22)3-5-13/h2-8H,1H3,(H,23,26,28)/b14-7-. The number of rotatable bonds is 3. The minimum Gasteiger partial charge on any atom is -0.425 e. The van der Waals surface area contributed by atoms with Crippen LogP contribution >= 0.6 is 54.5 Å². The van der Waals surface area contributed by atoms with Gasteiger partial charge in [0.15, 0.2) is 5.75 Å². The molecular formula is C19H11Br2IN2O5. The Morgan fingerprint density at radius 1 is 1.14 bits per heavy atom. The van der Waals surface area contributed by atoms with E-state index >= 15 is 0 Å². The van der Waals surface area contributed by atoms with Gasteiger partial charge >= 0.3 is 12.0 Å². The predicted octanol–water partition coefficient (Wildman–Crippen LogP) is 4.41. The number of carbonyl (C=O) groups excluding carboxylic acids is 4. The Kier molecular flexibility index (Phi) is 6.54. The highest BCUT2D eigenvalue weighted by Crippen LogP contribution is 2.35. The zero-order valence-corrected chi connectivity index (χ0v) is 20.0. The topological polar surface area (TPSA) is 92.8 Å². The zero-order chi connectivity index (χ0) is 21.3. The second-order valence-corrected chi connectivity index (χ2v) is 8.85. The van der Waals surface area contributed by atoms with E-state index in [-0.39, 0.29) is 11.3 Å². The smallest absolute Gasteiger partial charge is 0.335 e. The van der Waals surface area contributed by atoms with Crippen LogP contribution in [0, 0.1) is 3.57 Å². The van der Waals surface area contributed by atoms with Crippen molar-refractivity contribution in [1.29, 1.82) is 0 Å². The van der Waals surface area contributed by atoms with Crippen molar-refractivity contribution < 1.29 is 23.9 Å². The first-order valence-corrected chi connectivity index (χ1v) is 10.7. The second kappa shape index (κ2) is 8.76. The van der Waals surface area contributed by atoms with Gasteiger partial charge in [0.25, 0.3) is 11.8 Å². The first-order valence-electron chi connectivity index (χ1n) is 8.02. The summed E-state index contributed by atoms with van der Waals surface area (Å²) in [5.74, 6) is -2.05. The summed E-state index contributed by atoms with van der Waals surface area (Å²) in [4.78, 5) is 50.0. The van der Waals surface area contributed by atoms with E-state index in [0.717, 1.165) is 8.47 Å². The summed E-state index contributed by atoms with van der Waals surface area (Å²) >= 11 is 8.72. The summed E-state index contributed by atoms with van der Waals surface area (Å²) < 4.78 is 7.21. The summed E-state index contributed by atoms with van der Waals surface area (Å²) in [5.41, 5.74) is 0.348. The Balaban J connectivity index is 2.10. The Morgan fingerprint density at radius 3 is 2.41 bits per heavy atom. The van der Waals surface area contributed by atoms with Crippen molar-refractivity contribution in [3.8, 4) is 5.75 Å². The van der Waals surface area contributed by atoms with E-state index in [9.17, 15) is 19.2 Å². The fourth-order valence-electron chi connectivity index (χ4n) is 2.58. The highest BCUT2D eigenvalue weighted by atomic mass is 127. The summed E-state index contributed by atoms with van der Waals surface area (Å²) in [6.45, 7) is 1.24. The Morgan fingerprint density at radius 2 is 1.79 bits per heavy atom. The average molecular weight is 634 g/mol. The lowest BCUT2D eigenvalue weighted by Crippen LogP contribution is -2.54. The Hall–Kier alpha value is -2.05. The quantitative estimate of drug-likeness (QED) is 0.178. The van der Waals surface area contributed by atoms with Gasteiger partial charge in [0.1, 0.15) is 5.57 Å². The number of carbonyl (C=O) groups is 4. The van der Waals surface area contributed by atoms with Crippen LogP contribution in [0.25, 0.3) is 6.08 Å². The monoisotopic (exact) mass is 632 g/mol. The van der Waals surface area contributed by atoms with Crippen LogP contribution in [0.3, 0.4) is 0 Å². The highest BCUT2D eigenvalue weighted by Gasteiger charge is 2.37. The molecule has 0 spiro atoms. The van der Waals surface area contributed by atoms with Gasteiger partial charge in [-0.15, -0.1) is 0 Å². The van der Waals surface area contributed by atoms with Gasteiger partial charge in [-0.3, -0.25) is 19.7 Å². The molecule has 0 bridgehead atoms. The first kappa shape index (κ1) is 21.7. The number of imide groups is 2. The van der Waals surface area contributed by atoms with Crippen LogP contribution in [0.1, 0.15) is 12.5 Å². The summed E-state index contributed by atoms with van der Waals surface area (Å²) in [6, 6.07) is 9.08. The number of ether oxygens (including phenoxy) is 1. The summed E-state index contributed by atoms with van der Waals surface area (Å²) in [6.07, 6.45) is 1.28. The summed E-state index contributed by atoms with van der Waals surface area (Å²) in [7, 11) is 0. The number of amides is 4. The SMILES string of the molecule is CC(=O)Oc1c(Br)cc(Br)cc1/C=C1/C(=O)NC(=O)N(c2ccc(I)cc2)C1=O. The molecule has 1 fully saturated rings. The molecular weight excluding hydrogens is 623 g/mol. The maximum absolute atomic E-state index is 13.0. The number of hydrogen-bond acceptors (Lipinski definition) is 5. The number of esters is 1. The van der Waals surface area contributed by atoms with E-state index in [4.69, 9.17) is 4.74 Å². The van der Waals surface area contributed by atoms with Crippen LogP contribution in [-0.2, 0) is 14.4 Å². The van der Waals surface area contributed by atoms with Gasteiger partial charge in [0, 0.05) is 20.5 Å². The fraction of sp³-hybridized carbons (Fsp3) is 0.0526. The maximum atomic E-state index is 13.0. The van der Waals surface area contributed by atoms with Gasteiger partial charge in [-0.2, -0.15) is 0 Å². The van der Waals surface area contributed by atoms with Crippen LogP contribution in [0.5, 0.6) is 5.75 Å². The van der Waals surface area contributed by atoms with Gasteiger partial charge in [-0.05, 0) is 81.0 Å². The number of nitrogens with one attached hydrogen (secondary N) is 1. The van der Waals surface area contributed by atoms with Crippen molar-refractivity contribution >= 4 is 90.0 Å². The van der Waals surface area contributed by atoms with Crippen molar-refractivity contribution in [1.82, 2.24) is 5.32 Å². The molecule has 2 aromatic carbocycles. The lowest BCUT2D eigenvalue weighted by molar-refractivity contribution is -0.132. The van der Waals surface area contributed by atoms with E-state index in [0.29, 0.717) is 20.2 Å². The Labute approximate surface area is 195 Å². The Bertz CT molecular complexity index is 1080. The fourth-order valence-corrected chi connectivity index (χ4v) is 4.28. The van der Waals surface area contributed by atoms with Crippen LogP contribution in [0.4, 0.5) is 10.5 Å². The van der Waals surface area contributed by atoms with E-state index in [1.165, 1.54) is 13.0 Å². The number of halogens is 3. The zero-order valence-electron chi connectivity index (χ0n) is 14.7. The number of benzene rings is 2. The van der Waals surface area contributed by atoms with Crippen LogP contribution in [0.2, 0.25) is 0 Å². The third kappa shape index (κ3) is 4.75. The molecule has 29 heavy (non-hydrogen) atoms. The van der Waals surface area contributed by atoms with Crippen LogP contribution < -0.4 is 15.0 Å². The number of anilines is 1. The number of hydrogen-bond donors (Lipinski definition) is 1. The largest absolute Gasteiger partial charge is 0.425 e. The van der Waals surface area contributed by atoms with E-state index in [2.05, 4.69) is 59.8 Å². The predicted molar refractivity (Wildman–Crippen MR) is 121 cm³/mol. The minimum absolute atomic E-state index is 0.145. The molecule has 1 N–H and O–H groups in total. The van der Waals surface area contributed by atoms with E-state index in [1.54, 1.807) is 36.4 Å². The molecule has 7 nitrogen and oxygen atoms in total. The highest BCUT2D eigenvalue weighted by molar-refractivity contribution is 14.1. The molecule has 0 aliphatic carbocycles. The lowest BCUT2D eigenvalue weighted by atomic mass is 10.1. The number of barbiturate groups is 1. The van der Waals surface area contributed by atoms with Crippen molar-refractivity contribution in [2.75, 3.05) is 4.90 Å². The maximum Gasteiger partial charge on any atom is 0.335 e. The van der Waals surface area contributed by atoms with Crippen LogP contribution in [0.15, 0.2) is 50.9 Å². The molecule has 0 radical (unpaired) electrons. The summed E-state index contributed by atoms with van der Waals surface area (Å²) in [5, 5.41) is 2.16. The minimum atomic E-state index is -0.841. The average Bonchev–Trinajstić information content (AvgIpc) is 2.62. The molecule has 1 aliphatic heterocycles. The molecule has 148 valence electrons. The van der Waals surface area contributed by atoms with Crippen molar-refractivity contribution in [2.45, 2.75) is 6.92 Å². The molecule has 0 saturated carbocycles. The number of urea groups is 1. The third-order valence-electron chi connectivity index (χ3n) is 3.77.